The molecule has 2 aromatic carbocycles. The van der Waals surface area contributed by atoms with E-state index in [2.05, 4.69) is 5.32 Å². The Hall–Kier alpha value is -2.49. The van der Waals surface area contributed by atoms with Crippen molar-refractivity contribution in [2.75, 3.05) is 5.32 Å². The lowest BCUT2D eigenvalue weighted by Crippen LogP contribution is -2.24. The zero-order valence-electron chi connectivity index (χ0n) is 12.2. The molecule has 0 aromatic heterocycles. The van der Waals surface area contributed by atoms with Crippen molar-refractivity contribution in [2.45, 2.75) is 19.8 Å². The van der Waals surface area contributed by atoms with Crippen LogP contribution in [0.2, 0.25) is 0 Å². The Bertz CT molecular complexity index is 755. The molecule has 3 nitrogen and oxygen atoms in total. The molecule has 2 aromatic rings. The Balaban J connectivity index is 1.89. The van der Waals surface area contributed by atoms with E-state index in [-0.39, 0.29) is 23.9 Å². The summed E-state index contributed by atoms with van der Waals surface area (Å²) in [6.45, 7) is 1.86. The van der Waals surface area contributed by atoms with E-state index in [1.54, 1.807) is 18.2 Å². The number of fused-ring (bicyclic) bond motifs is 1. The second-order valence-electron chi connectivity index (χ2n) is 5.64. The number of benzene rings is 2. The van der Waals surface area contributed by atoms with Crippen LogP contribution in [0.25, 0.3) is 0 Å². The molecule has 0 unspecified atom stereocenters. The first kappa shape index (κ1) is 14.4. The van der Waals surface area contributed by atoms with Gasteiger partial charge in [-0.25, -0.2) is 4.39 Å². The van der Waals surface area contributed by atoms with Gasteiger partial charge in [0.15, 0.2) is 5.78 Å². The first-order chi connectivity index (χ1) is 10.5. The highest BCUT2D eigenvalue weighted by Crippen LogP contribution is 2.28. The van der Waals surface area contributed by atoms with Gasteiger partial charge < -0.3 is 5.32 Å². The zero-order chi connectivity index (χ0) is 15.7. The molecule has 0 saturated heterocycles. The molecular weight excluding hydrogens is 281 g/mol. The molecule has 3 rings (SSSR count). The maximum Gasteiger partial charge on any atom is 0.228 e. The monoisotopic (exact) mass is 297 g/mol. The number of halogens is 1. The van der Waals surface area contributed by atoms with Crippen LogP contribution in [0.1, 0.15) is 27.9 Å². The van der Waals surface area contributed by atoms with E-state index in [0.717, 1.165) is 11.1 Å². The van der Waals surface area contributed by atoms with Crippen molar-refractivity contribution in [2.24, 2.45) is 5.92 Å². The molecule has 0 bridgehead atoms. The van der Waals surface area contributed by atoms with E-state index in [4.69, 9.17) is 0 Å². The van der Waals surface area contributed by atoms with E-state index >= 15 is 0 Å². The average Bonchev–Trinajstić information content (AvgIpc) is 2.57. The topological polar surface area (TPSA) is 46.2 Å². The fourth-order valence-electron chi connectivity index (χ4n) is 2.91. The number of amides is 1. The number of ketones is 1. The number of hydrogen-bond donors (Lipinski definition) is 1. The third-order valence-electron chi connectivity index (χ3n) is 3.98. The first-order valence-corrected chi connectivity index (χ1v) is 7.22. The second-order valence-corrected chi connectivity index (χ2v) is 5.64. The van der Waals surface area contributed by atoms with Crippen LogP contribution in [0.5, 0.6) is 0 Å². The molecule has 0 fully saturated rings. The summed E-state index contributed by atoms with van der Waals surface area (Å²) in [6, 6.07) is 11.6. The number of hydrogen-bond acceptors (Lipinski definition) is 2. The number of nitrogens with one attached hydrogen (secondary N) is 1. The van der Waals surface area contributed by atoms with E-state index in [9.17, 15) is 14.0 Å². The van der Waals surface area contributed by atoms with E-state index in [1.807, 2.05) is 19.1 Å². The van der Waals surface area contributed by atoms with Gasteiger partial charge in [-0.1, -0.05) is 24.3 Å². The average molecular weight is 297 g/mol. The van der Waals surface area contributed by atoms with Crippen molar-refractivity contribution >= 4 is 17.4 Å². The lowest BCUT2D eigenvalue weighted by Gasteiger charge is -2.12. The van der Waals surface area contributed by atoms with Gasteiger partial charge in [0.1, 0.15) is 5.82 Å². The van der Waals surface area contributed by atoms with E-state index in [0.29, 0.717) is 17.7 Å². The molecule has 0 spiro atoms. The van der Waals surface area contributed by atoms with Crippen LogP contribution < -0.4 is 5.32 Å². The molecule has 1 aliphatic heterocycles. The van der Waals surface area contributed by atoms with Crippen LogP contribution in [0.3, 0.4) is 0 Å². The number of anilines is 1. The fraction of sp³-hybridized carbons (Fsp3) is 0.222. The summed E-state index contributed by atoms with van der Waals surface area (Å²) in [6.07, 6.45) is 0.489. The molecule has 1 atom stereocenters. The van der Waals surface area contributed by atoms with Gasteiger partial charge in [0.2, 0.25) is 5.91 Å². The van der Waals surface area contributed by atoms with Gasteiger partial charge >= 0.3 is 0 Å². The quantitative estimate of drug-likeness (QED) is 0.922. The van der Waals surface area contributed by atoms with Crippen LogP contribution in [0.15, 0.2) is 42.5 Å². The zero-order valence-corrected chi connectivity index (χ0v) is 12.2. The molecule has 1 N–H and O–H groups in total. The maximum atomic E-state index is 13.3. The second kappa shape index (κ2) is 5.72. The molecule has 1 heterocycles. The summed E-state index contributed by atoms with van der Waals surface area (Å²) in [5.74, 6) is -1.06. The van der Waals surface area contributed by atoms with E-state index < -0.39 is 5.92 Å². The lowest BCUT2D eigenvalue weighted by molar-refractivity contribution is -0.119. The summed E-state index contributed by atoms with van der Waals surface area (Å²) < 4.78 is 13.3. The van der Waals surface area contributed by atoms with Crippen molar-refractivity contribution in [3.8, 4) is 0 Å². The minimum Gasteiger partial charge on any atom is -0.325 e. The third kappa shape index (κ3) is 2.77. The van der Waals surface area contributed by atoms with Gasteiger partial charge in [-0.2, -0.15) is 0 Å². The van der Waals surface area contributed by atoms with Crippen LogP contribution >= 0.6 is 0 Å². The molecule has 1 amide bonds. The first-order valence-electron chi connectivity index (χ1n) is 7.22. The molecule has 1 aliphatic rings. The molecule has 4 heteroatoms. The van der Waals surface area contributed by atoms with Crippen molar-refractivity contribution < 1.29 is 14.0 Å². The van der Waals surface area contributed by atoms with Crippen molar-refractivity contribution in [1.82, 2.24) is 0 Å². The van der Waals surface area contributed by atoms with Crippen LogP contribution in [0.4, 0.5) is 10.1 Å². The number of carbonyl (C=O) groups excluding carboxylic acids is 2. The Labute approximate surface area is 128 Å². The molecule has 112 valence electrons. The summed E-state index contributed by atoms with van der Waals surface area (Å²) >= 11 is 0. The van der Waals surface area contributed by atoms with E-state index in [1.165, 1.54) is 12.1 Å². The maximum absolute atomic E-state index is 13.3. The lowest BCUT2D eigenvalue weighted by atomic mass is 9.92. The molecule has 0 aliphatic carbocycles. The smallest absolute Gasteiger partial charge is 0.228 e. The Kier molecular flexibility index (Phi) is 3.75. The number of rotatable bonds is 2. The minimum absolute atomic E-state index is 0.0483. The molecular formula is C18H16FNO2. The SMILES string of the molecule is Cc1cccc2c1C(=O)C[C@@H](Cc1cccc(F)c1)C(=O)N2. The normalized spacial score (nSPS) is 17.6. The Morgan fingerprint density at radius 2 is 1.95 bits per heavy atom. The Morgan fingerprint density at radius 1 is 1.18 bits per heavy atom. The standard InChI is InChI=1S/C18H16FNO2/c1-11-4-2-7-15-17(11)16(21)10-13(18(22)20-15)8-12-5-3-6-14(19)9-12/h2-7,9,13H,8,10H2,1H3,(H,20,22)/t13-/m1/s1. The van der Waals surface area contributed by atoms with Crippen molar-refractivity contribution in [1.29, 1.82) is 0 Å². The number of carbonyl (C=O) groups is 2. The summed E-state index contributed by atoms with van der Waals surface area (Å²) in [7, 11) is 0. The largest absolute Gasteiger partial charge is 0.325 e. The van der Waals surface area contributed by atoms with Gasteiger partial charge in [0.25, 0.3) is 0 Å². The molecule has 0 saturated carbocycles. The summed E-state index contributed by atoms with van der Waals surface area (Å²) in [4.78, 5) is 24.8. The highest BCUT2D eigenvalue weighted by molar-refractivity contribution is 6.10. The minimum atomic E-state index is -0.485. The number of aryl methyl sites for hydroxylation is 1. The Morgan fingerprint density at radius 3 is 2.73 bits per heavy atom. The van der Waals surface area contributed by atoms with Gasteiger partial charge in [-0.15, -0.1) is 0 Å². The summed E-state index contributed by atoms with van der Waals surface area (Å²) in [5, 5.41) is 2.83. The predicted molar refractivity (Wildman–Crippen MR) is 82.4 cm³/mol. The van der Waals surface area contributed by atoms with Crippen LogP contribution in [-0.4, -0.2) is 11.7 Å². The summed E-state index contributed by atoms with van der Waals surface area (Å²) in [5.41, 5.74) is 2.72. The van der Waals surface area contributed by atoms with Gasteiger partial charge in [-0.3, -0.25) is 9.59 Å². The fourth-order valence-corrected chi connectivity index (χ4v) is 2.91. The van der Waals surface area contributed by atoms with Crippen molar-refractivity contribution in [3.63, 3.8) is 0 Å². The highest BCUT2D eigenvalue weighted by Gasteiger charge is 2.29. The van der Waals surface area contributed by atoms with Crippen LogP contribution in [-0.2, 0) is 11.2 Å². The van der Waals surface area contributed by atoms with Gasteiger partial charge in [0, 0.05) is 17.9 Å². The van der Waals surface area contributed by atoms with Crippen molar-refractivity contribution in [3.05, 3.63) is 65.0 Å². The van der Waals surface area contributed by atoms with Gasteiger partial charge in [-0.05, 0) is 42.7 Å². The van der Waals surface area contributed by atoms with Gasteiger partial charge in [0.05, 0.1) is 5.69 Å². The molecule has 0 radical (unpaired) electrons. The highest BCUT2D eigenvalue weighted by atomic mass is 19.1. The number of Topliss-reactive ketones (excluding diaryl/α,β-unsaturated/α-hetero) is 1. The molecule has 22 heavy (non-hydrogen) atoms. The predicted octanol–water partition coefficient (Wildman–Crippen LogP) is 3.52. The third-order valence-corrected chi connectivity index (χ3v) is 3.98. The van der Waals surface area contributed by atoms with Crippen LogP contribution in [0, 0.1) is 18.7 Å².